The third-order valence-electron chi connectivity index (χ3n) is 7.46. The smallest absolute Gasteiger partial charge is 0.233 e. The maximum Gasteiger partial charge on any atom is 0.233 e. The molecule has 2 aromatic heterocycles. The number of hydrogen-bond acceptors (Lipinski definition) is 6. The number of pyridine rings is 1. The first kappa shape index (κ1) is 22.2. The van der Waals surface area contributed by atoms with Crippen LogP contribution in [0.1, 0.15) is 29.3 Å². The molecule has 2 saturated heterocycles. The van der Waals surface area contributed by atoms with E-state index in [1.54, 1.807) is 11.3 Å². The van der Waals surface area contributed by atoms with Crippen molar-refractivity contribution in [1.82, 2.24) is 20.1 Å². The number of nitrogens with one attached hydrogen (secondary N) is 1. The van der Waals surface area contributed by atoms with E-state index in [4.69, 9.17) is 11.6 Å². The number of likely N-dealkylation sites (tertiary alicyclic amines) is 1. The summed E-state index contributed by atoms with van der Waals surface area (Å²) in [7, 11) is 0. The topological polar surface area (TPSA) is 65.5 Å². The van der Waals surface area contributed by atoms with Gasteiger partial charge in [-0.2, -0.15) is 0 Å². The Morgan fingerprint density at radius 3 is 2.71 bits per heavy atom. The number of fused-ring (bicyclic) bond motifs is 2. The number of thiophene rings is 1. The fourth-order valence-corrected chi connectivity index (χ4v) is 6.79. The number of aromatic nitrogens is 1. The molecule has 3 fully saturated rings. The van der Waals surface area contributed by atoms with Crippen molar-refractivity contribution in [1.29, 1.82) is 0 Å². The van der Waals surface area contributed by atoms with Gasteiger partial charge in [0.2, 0.25) is 11.8 Å². The zero-order valence-corrected chi connectivity index (χ0v) is 20.9. The molecular weight excluding hydrogens is 468 g/mol. The third kappa shape index (κ3) is 3.75. The Kier molecular flexibility index (Phi) is 5.48. The van der Waals surface area contributed by atoms with Gasteiger partial charge in [0.1, 0.15) is 0 Å². The van der Waals surface area contributed by atoms with E-state index in [-0.39, 0.29) is 23.7 Å². The third-order valence-corrected chi connectivity index (χ3v) is 8.82. The maximum absolute atomic E-state index is 12.5. The number of carbonyl (C=O) groups excluding carboxylic acids is 2. The maximum atomic E-state index is 12.5. The van der Waals surface area contributed by atoms with Crippen molar-refractivity contribution in [3.63, 3.8) is 0 Å². The standard InChI is InChI=1S/C26H27ClN4O2S/c1-14-7-16(27)8-19(22(14)13-30-6-5-28-11-15(30)2)18-3-4-29-23-9-17(34-24(18)23)12-31-25(32)20-10-21(20)26(31)33/h3-4,7-9,15,20-21,28H,5-6,10-13H2,1-2H3. The van der Waals surface area contributed by atoms with Gasteiger partial charge < -0.3 is 5.32 Å². The molecule has 4 heterocycles. The van der Waals surface area contributed by atoms with E-state index in [0.717, 1.165) is 63.8 Å². The molecule has 6 nitrogen and oxygen atoms in total. The van der Waals surface area contributed by atoms with Crippen LogP contribution in [0.3, 0.4) is 0 Å². The van der Waals surface area contributed by atoms with Crippen LogP contribution in [0.2, 0.25) is 5.02 Å². The van der Waals surface area contributed by atoms with Crippen LogP contribution in [-0.4, -0.2) is 52.3 Å². The lowest BCUT2D eigenvalue weighted by Gasteiger charge is -2.35. The number of aryl methyl sites for hydroxylation is 1. The summed E-state index contributed by atoms with van der Waals surface area (Å²) in [6.45, 7) is 8.59. The summed E-state index contributed by atoms with van der Waals surface area (Å²) >= 11 is 8.16. The van der Waals surface area contributed by atoms with Gasteiger partial charge in [-0.1, -0.05) is 11.6 Å². The van der Waals surface area contributed by atoms with Gasteiger partial charge in [-0.25, -0.2) is 0 Å². The first-order valence-electron chi connectivity index (χ1n) is 11.9. The Balaban J connectivity index is 1.38. The second kappa shape index (κ2) is 8.41. The summed E-state index contributed by atoms with van der Waals surface area (Å²) in [5.41, 5.74) is 5.59. The lowest BCUT2D eigenvalue weighted by molar-refractivity contribution is -0.141. The Bertz CT molecular complexity index is 1300. The molecule has 2 amide bonds. The Labute approximate surface area is 207 Å². The quantitative estimate of drug-likeness (QED) is 0.538. The predicted molar refractivity (Wildman–Crippen MR) is 135 cm³/mol. The number of carbonyl (C=O) groups is 2. The molecule has 34 heavy (non-hydrogen) atoms. The molecule has 1 saturated carbocycles. The van der Waals surface area contributed by atoms with Crippen molar-refractivity contribution in [2.45, 2.75) is 39.4 Å². The predicted octanol–water partition coefficient (Wildman–Crippen LogP) is 4.22. The van der Waals surface area contributed by atoms with Gasteiger partial charge in [-0.15, -0.1) is 11.3 Å². The van der Waals surface area contributed by atoms with Crippen LogP contribution in [0.5, 0.6) is 0 Å². The summed E-state index contributed by atoms with van der Waals surface area (Å²) in [5.74, 6) is -0.170. The van der Waals surface area contributed by atoms with Crippen molar-refractivity contribution in [3.8, 4) is 11.1 Å². The van der Waals surface area contributed by atoms with Gasteiger partial charge in [0.05, 0.1) is 28.6 Å². The molecule has 1 aromatic carbocycles. The molecule has 176 valence electrons. The zero-order valence-electron chi connectivity index (χ0n) is 19.3. The highest BCUT2D eigenvalue weighted by Crippen LogP contribution is 2.48. The van der Waals surface area contributed by atoms with Crippen LogP contribution in [0, 0.1) is 18.8 Å². The van der Waals surface area contributed by atoms with E-state index in [2.05, 4.69) is 41.2 Å². The average Bonchev–Trinajstić information content (AvgIpc) is 3.45. The lowest BCUT2D eigenvalue weighted by atomic mass is 9.95. The molecule has 3 atom stereocenters. The van der Waals surface area contributed by atoms with Crippen LogP contribution >= 0.6 is 22.9 Å². The van der Waals surface area contributed by atoms with E-state index < -0.39 is 0 Å². The highest BCUT2D eigenvalue weighted by Gasteiger charge is 2.58. The molecule has 3 aromatic rings. The number of hydrogen-bond donors (Lipinski definition) is 1. The normalized spacial score (nSPS) is 24.8. The summed E-state index contributed by atoms with van der Waals surface area (Å²) < 4.78 is 1.07. The van der Waals surface area contributed by atoms with Gasteiger partial charge in [0.25, 0.3) is 0 Å². The number of nitrogens with zero attached hydrogens (tertiary/aromatic N) is 3. The number of amides is 2. The average molecular weight is 495 g/mol. The molecular formula is C26H27ClN4O2S. The van der Waals surface area contributed by atoms with Crippen LogP contribution in [0.25, 0.3) is 21.3 Å². The Morgan fingerprint density at radius 1 is 1.15 bits per heavy atom. The van der Waals surface area contributed by atoms with Crippen molar-refractivity contribution in [2.75, 3.05) is 19.6 Å². The number of piperazine rings is 1. The van der Waals surface area contributed by atoms with Crippen molar-refractivity contribution < 1.29 is 9.59 Å². The van der Waals surface area contributed by atoms with Crippen LogP contribution in [-0.2, 0) is 22.7 Å². The molecule has 8 heteroatoms. The number of piperidine rings is 1. The van der Waals surface area contributed by atoms with Crippen molar-refractivity contribution in [3.05, 3.63) is 51.5 Å². The summed E-state index contributed by atoms with van der Waals surface area (Å²) in [6, 6.07) is 8.64. The largest absolute Gasteiger partial charge is 0.314 e. The van der Waals surface area contributed by atoms with Crippen molar-refractivity contribution >= 4 is 45.0 Å². The van der Waals surface area contributed by atoms with Gasteiger partial charge in [0, 0.05) is 53.9 Å². The van der Waals surface area contributed by atoms with Crippen LogP contribution < -0.4 is 5.32 Å². The molecule has 3 unspecified atom stereocenters. The van der Waals surface area contributed by atoms with Gasteiger partial charge in [0.15, 0.2) is 0 Å². The highest BCUT2D eigenvalue weighted by molar-refractivity contribution is 7.19. The van der Waals surface area contributed by atoms with E-state index in [1.807, 2.05) is 18.3 Å². The van der Waals surface area contributed by atoms with Crippen LogP contribution in [0.15, 0.2) is 30.5 Å². The minimum Gasteiger partial charge on any atom is -0.314 e. The van der Waals surface area contributed by atoms with Crippen LogP contribution in [0.4, 0.5) is 0 Å². The second-order valence-electron chi connectivity index (χ2n) is 9.77. The number of halogens is 1. The molecule has 2 aliphatic heterocycles. The first-order chi connectivity index (χ1) is 16.4. The highest BCUT2D eigenvalue weighted by atomic mass is 35.5. The van der Waals surface area contributed by atoms with E-state index in [9.17, 15) is 9.59 Å². The fraction of sp³-hybridized carbons (Fsp3) is 0.423. The first-order valence-corrected chi connectivity index (χ1v) is 13.1. The van der Waals surface area contributed by atoms with E-state index in [1.165, 1.54) is 16.0 Å². The molecule has 6 rings (SSSR count). The van der Waals surface area contributed by atoms with Gasteiger partial charge in [-0.05, 0) is 61.2 Å². The Morgan fingerprint density at radius 2 is 1.94 bits per heavy atom. The molecule has 1 aliphatic carbocycles. The molecule has 3 aliphatic rings. The second-order valence-corrected chi connectivity index (χ2v) is 11.3. The minimum atomic E-state index is -0.0695. The van der Waals surface area contributed by atoms with Gasteiger partial charge >= 0.3 is 0 Å². The number of imide groups is 1. The van der Waals surface area contributed by atoms with Gasteiger partial charge in [-0.3, -0.25) is 24.4 Å². The molecule has 0 bridgehead atoms. The summed E-state index contributed by atoms with van der Waals surface area (Å²) in [6.07, 6.45) is 2.57. The summed E-state index contributed by atoms with van der Waals surface area (Å²) in [4.78, 5) is 34.5. The monoisotopic (exact) mass is 494 g/mol. The van der Waals surface area contributed by atoms with E-state index in [0.29, 0.717) is 12.6 Å². The fourth-order valence-electron chi connectivity index (χ4n) is 5.38. The molecule has 1 N–H and O–H groups in total. The molecule has 0 radical (unpaired) electrons. The zero-order chi connectivity index (χ0) is 23.6. The number of benzene rings is 1. The van der Waals surface area contributed by atoms with Crippen molar-refractivity contribution in [2.24, 2.45) is 11.8 Å². The van der Waals surface area contributed by atoms with E-state index >= 15 is 0 Å². The lowest BCUT2D eigenvalue weighted by Crippen LogP contribution is -2.49. The molecule has 0 spiro atoms. The minimum absolute atomic E-state index is 0.0152. The SMILES string of the molecule is Cc1cc(Cl)cc(-c2ccnc3cc(CN4C(=O)C5CC5C4=O)sc23)c1CN1CCNCC1C. The summed E-state index contributed by atoms with van der Waals surface area (Å²) in [5, 5.41) is 4.19. The number of rotatable bonds is 5. The Hall–Kier alpha value is -2.32.